The van der Waals surface area contributed by atoms with Crippen LogP contribution >= 0.6 is 15.9 Å². The molecule has 1 aromatic heterocycles. The molecule has 0 unspecified atom stereocenters. The number of imidazole rings is 1. The van der Waals surface area contributed by atoms with E-state index in [-0.39, 0.29) is 0 Å². The van der Waals surface area contributed by atoms with Crippen LogP contribution in [0.2, 0.25) is 0 Å². The van der Waals surface area contributed by atoms with Crippen LogP contribution in [0.3, 0.4) is 0 Å². The van der Waals surface area contributed by atoms with Crippen molar-refractivity contribution in [1.82, 2.24) is 9.55 Å². The first-order valence-corrected chi connectivity index (χ1v) is 7.95. The van der Waals surface area contributed by atoms with Crippen molar-refractivity contribution in [3.63, 3.8) is 0 Å². The Bertz CT molecular complexity index is 576. The third kappa shape index (κ3) is 3.39. The number of aromatic nitrogens is 2. The van der Waals surface area contributed by atoms with Gasteiger partial charge in [0.2, 0.25) is 0 Å². The number of hydrogen-bond donors (Lipinski definition) is 0. The van der Waals surface area contributed by atoms with Gasteiger partial charge in [0.25, 0.3) is 0 Å². The van der Waals surface area contributed by atoms with Crippen molar-refractivity contribution in [2.75, 3.05) is 0 Å². The zero-order chi connectivity index (χ0) is 16.9. The maximum Gasteiger partial charge on any atom is 0.516 e. The summed E-state index contributed by atoms with van der Waals surface area (Å²) in [5, 5.41) is 0. The predicted octanol–water partition coefficient (Wildman–Crippen LogP) is 2.73. The molecule has 0 aliphatic carbocycles. The van der Waals surface area contributed by atoms with Crippen molar-refractivity contribution in [2.45, 2.75) is 65.3 Å². The largest absolute Gasteiger partial charge is 0.516 e. The Balaban J connectivity index is 2.23. The Kier molecular flexibility index (Phi) is 4.26. The van der Waals surface area contributed by atoms with Crippen molar-refractivity contribution in [1.29, 1.82) is 0 Å². The van der Waals surface area contributed by atoms with Crippen LogP contribution in [0.4, 0.5) is 4.79 Å². The first kappa shape index (κ1) is 17.5. The summed E-state index contributed by atoms with van der Waals surface area (Å²) >= 11 is 3.27. The average Bonchev–Trinajstić information content (AvgIpc) is 2.75. The predicted molar refractivity (Wildman–Crippen MR) is 87.3 cm³/mol. The fourth-order valence-corrected chi connectivity index (χ4v) is 2.34. The quantitative estimate of drug-likeness (QED) is 0.709. The molecule has 1 aromatic rings. The van der Waals surface area contributed by atoms with Crippen LogP contribution in [0.5, 0.6) is 0 Å². The minimum atomic E-state index is -0.620. The van der Waals surface area contributed by atoms with Crippen molar-refractivity contribution in [3.8, 4) is 0 Å². The van der Waals surface area contributed by atoms with Crippen LogP contribution in [-0.2, 0) is 14.0 Å². The summed E-state index contributed by atoms with van der Waals surface area (Å²) in [5.41, 5.74) is -0.971. The van der Waals surface area contributed by atoms with Gasteiger partial charge in [0.15, 0.2) is 4.73 Å². The highest BCUT2D eigenvalue weighted by Crippen LogP contribution is 2.36. The van der Waals surface area contributed by atoms with Crippen molar-refractivity contribution < 1.29 is 18.8 Å². The summed E-state index contributed by atoms with van der Waals surface area (Å²) in [4.78, 5) is 16.5. The molecule has 2 rings (SSSR count). The molecular formula is C14H22BBrN2O4. The van der Waals surface area contributed by atoms with E-state index in [1.807, 2.05) is 48.5 Å². The third-order valence-corrected chi connectivity index (χ3v) is 4.33. The lowest BCUT2D eigenvalue weighted by Crippen LogP contribution is -2.41. The fraction of sp³-hybridized carbons (Fsp3) is 0.714. The van der Waals surface area contributed by atoms with E-state index in [9.17, 15) is 4.79 Å². The topological polar surface area (TPSA) is 62.6 Å². The lowest BCUT2D eigenvalue weighted by molar-refractivity contribution is 0.00578. The van der Waals surface area contributed by atoms with Gasteiger partial charge in [0, 0.05) is 6.20 Å². The van der Waals surface area contributed by atoms with E-state index < -0.39 is 30.0 Å². The van der Waals surface area contributed by atoms with E-state index in [2.05, 4.69) is 20.9 Å². The maximum absolute atomic E-state index is 12.2. The number of hydrogen-bond acceptors (Lipinski definition) is 5. The molecule has 0 atom stereocenters. The molecule has 8 heteroatoms. The number of carbonyl (C=O) groups is 1. The Morgan fingerprint density at radius 1 is 1.27 bits per heavy atom. The number of halogens is 1. The van der Waals surface area contributed by atoms with Gasteiger partial charge >= 0.3 is 13.2 Å². The molecule has 0 N–H and O–H groups in total. The second-order valence-corrected chi connectivity index (χ2v) is 8.08. The van der Waals surface area contributed by atoms with Crippen LogP contribution in [0, 0.1) is 0 Å². The van der Waals surface area contributed by atoms with Gasteiger partial charge in [-0.1, -0.05) is 0 Å². The first-order chi connectivity index (χ1) is 9.82. The van der Waals surface area contributed by atoms with Gasteiger partial charge in [-0.25, -0.2) is 14.3 Å². The van der Waals surface area contributed by atoms with Crippen LogP contribution in [0.1, 0.15) is 48.5 Å². The summed E-state index contributed by atoms with van der Waals surface area (Å²) < 4.78 is 18.8. The Morgan fingerprint density at radius 2 is 1.77 bits per heavy atom. The van der Waals surface area contributed by atoms with Crippen LogP contribution < -0.4 is 5.59 Å². The minimum Gasteiger partial charge on any atom is -0.443 e. The Morgan fingerprint density at radius 3 is 2.23 bits per heavy atom. The highest BCUT2D eigenvalue weighted by molar-refractivity contribution is 9.10. The summed E-state index contributed by atoms with van der Waals surface area (Å²) in [6.07, 6.45) is 1.06. The van der Waals surface area contributed by atoms with Gasteiger partial charge in [0.05, 0.1) is 16.8 Å². The Labute approximate surface area is 139 Å². The molecule has 6 nitrogen and oxygen atoms in total. The maximum atomic E-state index is 12.2. The molecule has 1 fully saturated rings. The van der Waals surface area contributed by atoms with Gasteiger partial charge in [-0.15, -0.1) is 0 Å². The summed E-state index contributed by atoms with van der Waals surface area (Å²) in [6.45, 7) is 13.3. The summed E-state index contributed by atoms with van der Waals surface area (Å²) in [6, 6.07) is 0. The Hall–Kier alpha value is -0.855. The van der Waals surface area contributed by atoms with Crippen LogP contribution in [-0.4, -0.2) is 39.6 Å². The fourth-order valence-electron chi connectivity index (χ4n) is 1.89. The van der Waals surface area contributed by atoms with Crippen LogP contribution in [0.25, 0.3) is 0 Å². The highest BCUT2D eigenvalue weighted by atomic mass is 79.9. The van der Waals surface area contributed by atoms with Gasteiger partial charge in [0.1, 0.15) is 5.60 Å². The van der Waals surface area contributed by atoms with Crippen molar-refractivity contribution in [2.24, 2.45) is 0 Å². The summed E-state index contributed by atoms with van der Waals surface area (Å²) in [5.74, 6) is 0. The molecule has 0 radical (unpaired) electrons. The SMILES string of the molecule is CC(C)(C)OC(=O)n1cc(B2OC(C)(C)C(C)(C)O2)nc1Br. The third-order valence-electron chi connectivity index (χ3n) is 3.77. The second kappa shape index (κ2) is 5.35. The highest BCUT2D eigenvalue weighted by Gasteiger charge is 2.52. The van der Waals surface area contributed by atoms with Crippen molar-refractivity contribution >= 4 is 34.7 Å². The lowest BCUT2D eigenvalue weighted by Gasteiger charge is -2.32. The number of rotatable bonds is 1. The van der Waals surface area contributed by atoms with Crippen molar-refractivity contribution in [3.05, 3.63) is 10.9 Å². The van der Waals surface area contributed by atoms with E-state index in [1.165, 1.54) is 4.57 Å². The molecule has 0 saturated carbocycles. The van der Waals surface area contributed by atoms with Gasteiger partial charge < -0.3 is 14.0 Å². The number of nitrogens with zero attached hydrogens (tertiary/aromatic N) is 2. The lowest BCUT2D eigenvalue weighted by atomic mass is 9.86. The molecule has 0 amide bonds. The molecule has 122 valence electrons. The van der Waals surface area contributed by atoms with Gasteiger partial charge in [-0.2, -0.15) is 0 Å². The molecule has 22 heavy (non-hydrogen) atoms. The first-order valence-electron chi connectivity index (χ1n) is 7.16. The molecule has 0 aromatic carbocycles. The minimum absolute atomic E-state index is 0.353. The molecule has 1 aliphatic heterocycles. The summed E-state index contributed by atoms with van der Waals surface area (Å²) in [7, 11) is -0.620. The molecule has 1 aliphatic rings. The molecule has 0 spiro atoms. The molecule has 0 bridgehead atoms. The van der Waals surface area contributed by atoms with E-state index in [0.29, 0.717) is 10.3 Å². The number of ether oxygens (including phenoxy) is 1. The van der Waals surface area contributed by atoms with E-state index in [4.69, 9.17) is 14.0 Å². The molecule has 2 heterocycles. The second-order valence-electron chi connectivity index (χ2n) is 7.37. The van der Waals surface area contributed by atoms with Gasteiger partial charge in [-0.3, -0.25) is 0 Å². The monoisotopic (exact) mass is 372 g/mol. The average molecular weight is 373 g/mol. The zero-order valence-electron chi connectivity index (χ0n) is 14.1. The van der Waals surface area contributed by atoms with E-state index >= 15 is 0 Å². The van der Waals surface area contributed by atoms with Gasteiger partial charge in [-0.05, 0) is 64.4 Å². The molecular weight excluding hydrogens is 351 g/mol. The van der Waals surface area contributed by atoms with Crippen LogP contribution in [0.15, 0.2) is 10.9 Å². The smallest absolute Gasteiger partial charge is 0.443 e. The van der Waals surface area contributed by atoms with E-state index in [0.717, 1.165) is 0 Å². The standard InChI is InChI=1S/C14H22BBrN2O4/c1-12(2,3)20-11(19)18-8-9(17-10(18)16)15-21-13(4,5)14(6,7)22-15/h8H,1-7H3. The zero-order valence-corrected chi connectivity index (χ0v) is 15.6. The van der Waals surface area contributed by atoms with E-state index in [1.54, 1.807) is 6.20 Å². The molecule has 1 saturated heterocycles. The number of carbonyl (C=O) groups excluding carboxylic acids is 1. The normalized spacial score (nSPS) is 20.3.